The van der Waals surface area contributed by atoms with Crippen LogP contribution in [0.4, 0.5) is 10.5 Å². The third kappa shape index (κ3) is 5.48. The summed E-state index contributed by atoms with van der Waals surface area (Å²) in [5, 5.41) is 13.0. The zero-order chi connectivity index (χ0) is 28.3. The van der Waals surface area contributed by atoms with Crippen molar-refractivity contribution < 1.29 is 27.8 Å². The van der Waals surface area contributed by atoms with Crippen LogP contribution in [0.2, 0.25) is 0 Å². The van der Waals surface area contributed by atoms with Crippen LogP contribution in [-0.2, 0) is 10.0 Å². The molecule has 1 heterocycles. The Morgan fingerprint density at radius 3 is 2.49 bits per heavy atom. The normalized spacial score (nSPS) is 17.7. The van der Waals surface area contributed by atoms with E-state index in [0.717, 1.165) is 10.4 Å². The number of imidazole rings is 1. The van der Waals surface area contributed by atoms with Crippen molar-refractivity contribution in [3.8, 4) is 11.5 Å². The lowest BCUT2D eigenvalue weighted by molar-refractivity contribution is 0.104. The van der Waals surface area contributed by atoms with E-state index in [1.54, 1.807) is 23.1 Å². The van der Waals surface area contributed by atoms with E-state index < -0.39 is 21.8 Å². The molecule has 1 aliphatic carbocycles. The maximum Gasteiger partial charge on any atom is 0.343 e. The molecule has 1 saturated carbocycles. The summed E-state index contributed by atoms with van der Waals surface area (Å²) in [4.78, 5) is 27.7. The van der Waals surface area contributed by atoms with Crippen LogP contribution in [-0.4, -0.2) is 65.9 Å². The van der Waals surface area contributed by atoms with E-state index in [-0.39, 0.29) is 28.2 Å². The van der Waals surface area contributed by atoms with E-state index in [1.807, 2.05) is 20.8 Å². The first-order valence-corrected chi connectivity index (χ1v) is 14.7. The molecule has 3 aromatic rings. The fourth-order valence-electron chi connectivity index (χ4n) is 5.16. The Morgan fingerprint density at radius 1 is 1.10 bits per heavy atom. The Labute approximate surface area is 228 Å². The molecule has 12 heteroatoms. The molecule has 2 N–H and O–H groups in total. The molecule has 0 saturated heterocycles. The van der Waals surface area contributed by atoms with Gasteiger partial charge < -0.3 is 24.8 Å². The molecule has 212 valence electrons. The van der Waals surface area contributed by atoms with Crippen molar-refractivity contribution in [1.29, 1.82) is 0 Å². The topological polar surface area (TPSA) is 132 Å². The zero-order valence-corrected chi connectivity index (χ0v) is 23.5. The van der Waals surface area contributed by atoms with Crippen molar-refractivity contribution in [2.75, 3.05) is 32.1 Å². The molecule has 1 fully saturated rings. The van der Waals surface area contributed by atoms with Crippen molar-refractivity contribution in [2.24, 2.45) is 0 Å². The quantitative estimate of drug-likeness (QED) is 0.407. The molecule has 39 heavy (non-hydrogen) atoms. The maximum absolute atomic E-state index is 14.0. The summed E-state index contributed by atoms with van der Waals surface area (Å²) in [5.41, 5.74) is 0.244. The maximum atomic E-state index is 14.0. The van der Waals surface area contributed by atoms with Gasteiger partial charge in [-0.15, -0.1) is 0 Å². The van der Waals surface area contributed by atoms with Crippen molar-refractivity contribution in [3.05, 3.63) is 46.9 Å². The largest absolute Gasteiger partial charge is 0.495 e. The van der Waals surface area contributed by atoms with E-state index in [9.17, 15) is 23.1 Å². The number of rotatable bonds is 9. The first-order chi connectivity index (χ1) is 18.7. The van der Waals surface area contributed by atoms with Crippen molar-refractivity contribution in [3.63, 3.8) is 0 Å². The number of ether oxygens (including phenoxy) is 2. The van der Waals surface area contributed by atoms with E-state index >= 15 is 0 Å². The highest BCUT2D eigenvalue weighted by atomic mass is 32.2. The van der Waals surface area contributed by atoms with E-state index in [4.69, 9.17) is 9.47 Å². The number of fused-ring (bicyclic) bond motifs is 1. The average molecular weight is 561 g/mol. The second kappa shape index (κ2) is 11.7. The summed E-state index contributed by atoms with van der Waals surface area (Å²) >= 11 is 0. The summed E-state index contributed by atoms with van der Waals surface area (Å²) in [6, 6.07) is 8.36. The van der Waals surface area contributed by atoms with Gasteiger partial charge in [0.2, 0.25) is 0 Å². The Balaban J connectivity index is 1.85. The molecule has 1 aromatic heterocycles. The summed E-state index contributed by atoms with van der Waals surface area (Å²) in [6.45, 7) is 7.00. The van der Waals surface area contributed by atoms with Gasteiger partial charge in [-0.25, -0.2) is 18.0 Å². The number of carbonyl (C=O) groups excluding carboxylic acids is 1. The highest BCUT2D eigenvalue weighted by molar-refractivity contribution is 7.90. The van der Waals surface area contributed by atoms with Gasteiger partial charge in [0.05, 0.1) is 30.9 Å². The molecule has 11 nitrogen and oxygen atoms in total. The van der Waals surface area contributed by atoms with Crippen LogP contribution in [0, 0.1) is 0 Å². The van der Waals surface area contributed by atoms with E-state index in [0.29, 0.717) is 55.9 Å². The van der Waals surface area contributed by atoms with E-state index in [1.165, 1.54) is 29.9 Å². The number of urea groups is 1. The molecule has 0 aliphatic heterocycles. The number of nitrogens with zero attached hydrogens (tertiary/aromatic N) is 3. The standard InChI is InChI=1S/C27H36N4O7S/c1-5-29(6-2)26(33)28-18-11-14-25(24(15-18)37-4)39(35,36)31-22-13-12-21(38-7-3)17-23(22)30(27(31)34)19-9-8-10-20(32)16-19/h11-15,17,19-20,32H,5-10,16H2,1-4H3,(H,28,33). The number of aliphatic hydroxyl groups excluding tert-OH is 1. The van der Waals surface area contributed by atoms with Crippen molar-refractivity contribution >= 4 is 32.8 Å². The Kier molecular flexibility index (Phi) is 8.55. The third-order valence-electron chi connectivity index (χ3n) is 7.08. The van der Waals surface area contributed by atoms with Gasteiger partial charge in [0.15, 0.2) is 0 Å². The SMILES string of the molecule is CCOc1ccc2c(c1)n(C1CCCC(O)C1)c(=O)n2S(=O)(=O)c1ccc(NC(=O)N(CC)CC)cc1OC. The number of methoxy groups -OCH3 is 1. The molecule has 2 unspecified atom stereocenters. The van der Waals surface area contributed by atoms with Gasteiger partial charge in [-0.1, -0.05) is 0 Å². The summed E-state index contributed by atoms with van der Waals surface area (Å²) in [7, 11) is -3.11. The van der Waals surface area contributed by atoms with Crippen LogP contribution in [0.3, 0.4) is 0 Å². The second-order valence-corrected chi connectivity index (χ2v) is 11.2. The van der Waals surface area contributed by atoms with Gasteiger partial charge in [-0.2, -0.15) is 3.97 Å². The molecule has 0 spiro atoms. The summed E-state index contributed by atoms with van der Waals surface area (Å²) < 4.78 is 41.4. The number of anilines is 1. The van der Waals surface area contributed by atoms with Gasteiger partial charge in [0.1, 0.15) is 16.4 Å². The summed E-state index contributed by atoms with van der Waals surface area (Å²) in [5.74, 6) is 0.495. The zero-order valence-electron chi connectivity index (χ0n) is 22.7. The minimum absolute atomic E-state index is 0.0147. The highest BCUT2D eigenvalue weighted by Crippen LogP contribution is 2.34. The number of carbonyl (C=O) groups is 1. The fourth-order valence-corrected chi connectivity index (χ4v) is 6.70. The lowest BCUT2D eigenvalue weighted by Gasteiger charge is -2.26. The molecular formula is C27H36N4O7S. The third-order valence-corrected chi connectivity index (χ3v) is 8.81. The molecule has 4 rings (SSSR count). The van der Waals surface area contributed by atoms with Crippen LogP contribution in [0.1, 0.15) is 52.5 Å². The van der Waals surface area contributed by atoms with Crippen LogP contribution in [0.25, 0.3) is 11.0 Å². The number of benzene rings is 2. The predicted molar refractivity (Wildman–Crippen MR) is 148 cm³/mol. The molecule has 2 atom stereocenters. The van der Waals surface area contributed by atoms with Gasteiger partial charge in [0, 0.05) is 37.0 Å². The first kappa shape index (κ1) is 28.5. The molecule has 1 aliphatic rings. The molecule has 0 radical (unpaired) electrons. The van der Waals surface area contributed by atoms with E-state index in [2.05, 4.69) is 5.32 Å². The Morgan fingerprint density at radius 2 is 1.85 bits per heavy atom. The van der Waals surface area contributed by atoms with Crippen molar-refractivity contribution in [2.45, 2.75) is 63.5 Å². The lowest BCUT2D eigenvalue weighted by atomic mass is 9.93. The molecule has 0 bridgehead atoms. The Bertz CT molecular complexity index is 1510. The Hall–Kier alpha value is -3.51. The van der Waals surface area contributed by atoms with Crippen LogP contribution in [0.15, 0.2) is 46.1 Å². The fraction of sp³-hybridized carbons (Fsp3) is 0.481. The van der Waals surface area contributed by atoms with Crippen LogP contribution >= 0.6 is 0 Å². The number of aliphatic hydroxyl groups is 1. The monoisotopic (exact) mass is 560 g/mol. The molecule has 2 amide bonds. The summed E-state index contributed by atoms with van der Waals surface area (Å²) in [6.07, 6.45) is 1.78. The number of hydrogen-bond acceptors (Lipinski definition) is 7. The highest BCUT2D eigenvalue weighted by Gasteiger charge is 2.32. The molecule has 2 aromatic carbocycles. The van der Waals surface area contributed by atoms with Crippen LogP contribution in [0.5, 0.6) is 11.5 Å². The smallest absolute Gasteiger partial charge is 0.343 e. The first-order valence-electron chi connectivity index (χ1n) is 13.2. The second-order valence-electron chi connectivity index (χ2n) is 9.45. The number of aromatic nitrogens is 2. The van der Waals surface area contributed by atoms with Gasteiger partial charge in [-0.3, -0.25) is 4.57 Å². The number of hydrogen-bond donors (Lipinski definition) is 2. The number of nitrogens with one attached hydrogen (secondary N) is 1. The van der Waals surface area contributed by atoms with Gasteiger partial charge in [0.25, 0.3) is 10.0 Å². The minimum Gasteiger partial charge on any atom is -0.495 e. The molecular weight excluding hydrogens is 524 g/mol. The number of amides is 2. The average Bonchev–Trinajstić information content (AvgIpc) is 3.21. The lowest BCUT2D eigenvalue weighted by Crippen LogP contribution is -2.34. The van der Waals surface area contributed by atoms with Gasteiger partial charge >= 0.3 is 11.7 Å². The predicted octanol–water partition coefficient (Wildman–Crippen LogP) is 3.80. The van der Waals surface area contributed by atoms with Gasteiger partial charge in [-0.05, 0) is 70.7 Å². The minimum atomic E-state index is -4.43. The van der Waals surface area contributed by atoms with Crippen LogP contribution < -0.4 is 20.5 Å². The van der Waals surface area contributed by atoms with Crippen molar-refractivity contribution in [1.82, 2.24) is 13.4 Å².